The lowest BCUT2D eigenvalue weighted by molar-refractivity contribution is 0.120. The van der Waals surface area contributed by atoms with Crippen molar-refractivity contribution in [2.24, 2.45) is 4.99 Å². The number of aromatic nitrogens is 1. The van der Waals surface area contributed by atoms with Crippen LogP contribution in [0.5, 0.6) is 0 Å². The van der Waals surface area contributed by atoms with Gasteiger partial charge in [0.15, 0.2) is 5.96 Å². The Kier molecular flexibility index (Phi) is 8.63. The van der Waals surface area contributed by atoms with E-state index in [4.69, 9.17) is 0 Å². The first kappa shape index (κ1) is 19.6. The van der Waals surface area contributed by atoms with Gasteiger partial charge in [-0.3, -0.25) is 0 Å². The lowest BCUT2D eigenvalue weighted by atomic mass is 9.93. The van der Waals surface area contributed by atoms with E-state index in [1.165, 1.54) is 4.88 Å². The molecule has 1 aliphatic carbocycles. The molecule has 2 rings (SSSR count). The molecule has 0 aromatic carbocycles. The Labute approximate surface area is 154 Å². The van der Waals surface area contributed by atoms with Crippen molar-refractivity contribution in [3.8, 4) is 0 Å². The summed E-state index contributed by atoms with van der Waals surface area (Å²) < 4.78 is 0. The van der Waals surface area contributed by atoms with Crippen molar-refractivity contribution >= 4 is 41.3 Å². The Morgan fingerprint density at radius 2 is 2.00 bits per heavy atom. The fourth-order valence-electron chi connectivity index (χ4n) is 2.49. The molecule has 126 valence electrons. The molecule has 0 radical (unpaired) electrons. The smallest absolute Gasteiger partial charge is 0.191 e. The summed E-state index contributed by atoms with van der Waals surface area (Å²) >= 11 is 1.71. The molecule has 7 heteroatoms. The van der Waals surface area contributed by atoms with E-state index in [-0.39, 0.29) is 30.1 Å². The highest BCUT2D eigenvalue weighted by Crippen LogP contribution is 2.19. The van der Waals surface area contributed by atoms with Crippen LogP contribution in [0.2, 0.25) is 0 Å². The van der Waals surface area contributed by atoms with Gasteiger partial charge in [-0.2, -0.15) is 0 Å². The third-order valence-corrected chi connectivity index (χ3v) is 4.88. The lowest BCUT2D eigenvalue weighted by Crippen LogP contribution is -2.45. The zero-order chi connectivity index (χ0) is 15.2. The third kappa shape index (κ3) is 6.00. The van der Waals surface area contributed by atoms with Crippen LogP contribution < -0.4 is 10.6 Å². The van der Waals surface area contributed by atoms with E-state index < -0.39 is 0 Å². The summed E-state index contributed by atoms with van der Waals surface area (Å²) in [5.74, 6) is 0.851. The molecule has 0 amide bonds. The number of aliphatic hydroxyl groups is 1. The molecule has 0 saturated heterocycles. The van der Waals surface area contributed by atoms with Crippen molar-refractivity contribution in [2.45, 2.75) is 65.1 Å². The Bertz CT molecular complexity index is 464. The van der Waals surface area contributed by atoms with E-state index >= 15 is 0 Å². The fraction of sp³-hybridized carbons (Fsp3) is 0.733. The molecule has 1 saturated carbocycles. The summed E-state index contributed by atoms with van der Waals surface area (Å²) in [7, 11) is 0. The second kappa shape index (κ2) is 9.67. The molecule has 1 heterocycles. The van der Waals surface area contributed by atoms with Crippen molar-refractivity contribution in [3.05, 3.63) is 15.6 Å². The number of aryl methyl sites for hydroxylation is 2. The number of halogens is 1. The van der Waals surface area contributed by atoms with E-state index in [0.717, 1.165) is 48.9 Å². The number of guanidine groups is 1. The minimum absolute atomic E-state index is 0. The van der Waals surface area contributed by atoms with Crippen LogP contribution in [0.15, 0.2) is 4.99 Å². The molecule has 0 unspecified atom stereocenters. The minimum atomic E-state index is -0.121. The van der Waals surface area contributed by atoms with Gasteiger partial charge in [0.25, 0.3) is 0 Å². The molecular weight excluding hydrogens is 411 g/mol. The molecule has 0 spiro atoms. The number of rotatable bonds is 4. The third-order valence-electron chi connectivity index (χ3n) is 3.83. The van der Waals surface area contributed by atoms with Gasteiger partial charge in [0.2, 0.25) is 0 Å². The fourth-order valence-corrected chi connectivity index (χ4v) is 3.35. The molecule has 0 bridgehead atoms. The summed E-state index contributed by atoms with van der Waals surface area (Å²) in [5.41, 5.74) is 1.10. The molecule has 0 atom stereocenters. The number of nitrogens with one attached hydrogen (secondary N) is 2. The predicted molar refractivity (Wildman–Crippen MR) is 103 cm³/mol. The highest BCUT2D eigenvalue weighted by Gasteiger charge is 2.19. The average Bonchev–Trinajstić information content (AvgIpc) is 2.78. The quantitative estimate of drug-likeness (QED) is 0.384. The Morgan fingerprint density at radius 3 is 2.55 bits per heavy atom. The Morgan fingerprint density at radius 1 is 1.32 bits per heavy atom. The molecule has 0 aliphatic heterocycles. The predicted octanol–water partition coefficient (Wildman–Crippen LogP) is 2.74. The van der Waals surface area contributed by atoms with Crippen LogP contribution in [0.25, 0.3) is 0 Å². The van der Waals surface area contributed by atoms with E-state index in [2.05, 4.69) is 34.5 Å². The second-order valence-electron chi connectivity index (χ2n) is 5.59. The van der Waals surface area contributed by atoms with Crippen molar-refractivity contribution in [1.82, 2.24) is 15.6 Å². The van der Waals surface area contributed by atoms with E-state index in [1.807, 2.05) is 6.92 Å². The number of hydrogen-bond acceptors (Lipinski definition) is 4. The van der Waals surface area contributed by atoms with Crippen molar-refractivity contribution in [1.29, 1.82) is 0 Å². The van der Waals surface area contributed by atoms with Gasteiger partial charge in [0, 0.05) is 17.5 Å². The van der Waals surface area contributed by atoms with Crippen LogP contribution in [-0.2, 0) is 6.54 Å². The molecule has 1 aliphatic rings. The van der Waals surface area contributed by atoms with Crippen LogP contribution in [0, 0.1) is 13.8 Å². The normalized spacial score (nSPS) is 22.1. The first-order valence-corrected chi connectivity index (χ1v) is 8.56. The zero-order valence-electron chi connectivity index (χ0n) is 13.6. The first-order valence-electron chi connectivity index (χ1n) is 7.74. The van der Waals surface area contributed by atoms with Crippen LogP contribution in [-0.4, -0.2) is 34.7 Å². The number of aliphatic hydroxyl groups excluding tert-OH is 1. The topological polar surface area (TPSA) is 69.5 Å². The summed E-state index contributed by atoms with van der Waals surface area (Å²) in [6.45, 7) is 7.66. The molecule has 1 aromatic rings. The summed E-state index contributed by atoms with van der Waals surface area (Å²) in [6.07, 6.45) is 3.63. The van der Waals surface area contributed by atoms with Gasteiger partial charge in [0.05, 0.1) is 18.3 Å². The minimum Gasteiger partial charge on any atom is -0.393 e. The number of nitrogens with zero attached hydrogens (tertiary/aromatic N) is 2. The van der Waals surface area contributed by atoms with Gasteiger partial charge in [-0.1, -0.05) is 0 Å². The van der Waals surface area contributed by atoms with Gasteiger partial charge in [-0.05, 0) is 46.5 Å². The molecule has 3 N–H and O–H groups in total. The van der Waals surface area contributed by atoms with Gasteiger partial charge in [-0.15, -0.1) is 35.3 Å². The standard InChI is InChI=1S/C15H26N4OS.HI/c1-4-16-15(19-12-5-7-13(20)8-6-12)17-9-14-18-10(2)11(3)21-14;/h12-13,20H,4-9H2,1-3H3,(H2,16,17,19);1H. The molecule has 5 nitrogen and oxygen atoms in total. The molecule has 1 fully saturated rings. The van der Waals surface area contributed by atoms with E-state index in [0.29, 0.717) is 12.6 Å². The first-order chi connectivity index (χ1) is 10.1. The van der Waals surface area contributed by atoms with E-state index in [9.17, 15) is 5.11 Å². The van der Waals surface area contributed by atoms with Crippen LogP contribution in [0.4, 0.5) is 0 Å². The van der Waals surface area contributed by atoms with E-state index in [1.54, 1.807) is 11.3 Å². The van der Waals surface area contributed by atoms with Gasteiger partial charge in [0.1, 0.15) is 5.01 Å². The SMILES string of the molecule is CCNC(=NCc1nc(C)c(C)s1)NC1CCC(O)CC1.I. The summed E-state index contributed by atoms with van der Waals surface area (Å²) in [5, 5.41) is 17.4. The van der Waals surface area contributed by atoms with Crippen LogP contribution in [0.3, 0.4) is 0 Å². The monoisotopic (exact) mass is 438 g/mol. The number of aliphatic imine (C=N–C) groups is 1. The van der Waals surface area contributed by atoms with Crippen molar-refractivity contribution in [2.75, 3.05) is 6.54 Å². The number of hydrogen-bond donors (Lipinski definition) is 3. The van der Waals surface area contributed by atoms with Crippen molar-refractivity contribution in [3.63, 3.8) is 0 Å². The zero-order valence-corrected chi connectivity index (χ0v) is 16.7. The highest BCUT2D eigenvalue weighted by atomic mass is 127. The molecule has 22 heavy (non-hydrogen) atoms. The second-order valence-corrected chi connectivity index (χ2v) is 6.88. The summed E-state index contributed by atoms with van der Waals surface area (Å²) in [4.78, 5) is 10.4. The highest BCUT2D eigenvalue weighted by molar-refractivity contribution is 14.0. The maximum absolute atomic E-state index is 9.56. The van der Waals surface area contributed by atoms with Gasteiger partial charge < -0.3 is 15.7 Å². The Hall–Kier alpha value is -0.410. The maximum Gasteiger partial charge on any atom is 0.191 e. The molecule has 1 aromatic heterocycles. The summed E-state index contributed by atoms with van der Waals surface area (Å²) in [6, 6.07) is 0.408. The van der Waals surface area contributed by atoms with Crippen LogP contribution >= 0.6 is 35.3 Å². The van der Waals surface area contributed by atoms with Crippen molar-refractivity contribution < 1.29 is 5.11 Å². The Balaban J connectivity index is 0.00000242. The lowest BCUT2D eigenvalue weighted by Gasteiger charge is -2.27. The van der Waals surface area contributed by atoms with Gasteiger partial charge in [-0.25, -0.2) is 9.98 Å². The van der Waals surface area contributed by atoms with Gasteiger partial charge >= 0.3 is 0 Å². The molecular formula is C15H27IN4OS. The largest absolute Gasteiger partial charge is 0.393 e. The van der Waals surface area contributed by atoms with Crippen LogP contribution in [0.1, 0.15) is 48.2 Å². The maximum atomic E-state index is 9.56. The average molecular weight is 438 g/mol. The number of thiazole rings is 1.